The zero-order valence-electron chi connectivity index (χ0n) is 17.6. The van der Waals surface area contributed by atoms with Crippen LogP contribution >= 0.6 is 15.9 Å². The summed E-state index contributed by atoms with van der Waals surface area (Å²) in [6, 6.07) is 13.0. The van der Waals surface area contributed by atoms with Crippen molar-refractivity contribution < 1.29 is 4.39 Å². The van der Waals surface area contributed by atoms with Gasteiger partial charge in [0.05, 0.1) is 16.4 Å². The van der Waals surface area contributed by atoms with E-state index in [1.54, 1.807) is 24.5 Å². The molecule has 1 aliphatic rings. The minimum atomic E-state index is -0.182. The van der Waals surface area contributed by atoms with Crippen LogP contribution in [0.1, 0.15) is 35.6 Å². The maximum atomic E-state index is 13.6. The van der Waals surface area contributed by atoms with E-state index in [2.05, 4.69) is 42.3 Å². The predicted octanol–water partition coefficient (Wildman–Crippen LogP) is 5.02. The third-order valence-corrected chi connectivity index (χ3v) is 6.42. The smallest absolute Gasteiger partial charge is 0.171 e. The van der Waals surface area contributed by atoms with Crippen molar-refractivity contribution in [3.8, 4) is 0 Å². The van der Waals surface area contributed by atoms with E-state index in [9.17, 15) is 4.39 Å². The molecule has 0 radical (unpaired) electrons. The van der Waals surface area contributed by atoms with Gasteiger partial charge >= 0.3 is 0 Å². The van der Waals surface area contributed by atoms with Gasteiger partial charge in [0.2, 0.25) is 0 Å². The number of benzene rings is 1. The normalized spacial score (nSPS) is 17.0. The monoisotopic (exact) mass is 494 g/mol. The van der Waals surface area contributed by atoms with E-state index in [1.807, 2.05) is 28.9 Å². The lowest BCUT2D eigenvalue weighted by Gasteiger charge is -2.32. The average molecular weight is 495 g/mol. The largest absolute Gasteiger partial charge is 0.366 e. The summed E-state index contributed by atoms with van der Waals surface area (Å²) < 4.78 is 16.3. The Morgan fingerprint density at radius 1 is 1.12 bits per heavy atom. The topological polar surface area (TPSA) is 58.4 Å². The van der Waals surface area contributed by atoms with Gasteiger partial charge in [-0.3, -0.25) is 9.88 Å². The summed E-state index contributed by atoms with van der Waals surface area (Å²) in [4.78, 5) is 11.5. The van der Waals surface area contributed by atoms with E-state index in [0.29, 0.717) is 12.5 Å². The summed E-state index contributed by atoms with van der Waals surface area (Å²) in [6.45, 7) is 3.31. The zero-order chi connectivity index (χ0) is 21.9. The van der Waals surface area contributed by atoms with Gasteiger partial charge in [0.15, 0.2) is 5.65 Å². The number of hydrogen-bond acceptors (Lipinski definition) is 5. The van der Waals surface area contributed by atoms with E-state index >= 15 is 0 Å². The van der Waals surface area contributed by atoms with Crippen LogP contribution < -0.4 is 5.32 Å². The minimum absolute atomic E-state index is 0.182. The molecule has 0 bridgehead atoms. The summed E-state index contributed by atoms with van der Waals surface area (Å²) in [5, 5.41) is 7.98. The third-order valence-electron chi connectivity index (χ3n) is 5.86. The zero-order valence-corrected chi connectivity index (χ0v) is 19.2. The highest BCUT2D eigenvalue weighted by molar-refractivity contribution is 9.10. The molecular formula is C24H24BrFN6. The number of nitrogens with zero attached hydrogens (tertiary/aromatic N) is 5. The molecule has 6 nitrogen and oxygen atoms in total. The number of halogens is 2. The summed E-state index contributed by atoms with van der Waals surface area (Å²) in [5.41, 5.74) is 3.96. The van der Waals surface area contributed by atoms with Crippen molar-refractivity contribution in [1.29, 1.82) is 0 Å². The number of piperidine rings is 1. The number of likely N-dealkylation sites (tertiary alicyclic amines) is 1. The number of aromatic nitrogens is 4. The first-order chi connectivity index (χ1) is 15.7. The molecule has 4 aromatic rings. The Hall–Kier alpha value is -2.84. The minimum Gasteiger partial charge on any atom is -0.366 e. The number of rotatable bonds is 6. The molecule has 1 atom stereocenters. The highest BCUT2D eigenvalue weighted by Gasteiger charge is 2.24. The molecule has 5 rings (SSSR count). The van der Waals surface area contributed by atoms with E-state index < -0.39 is 0 Å². The van der Waals surface area contributed by atoms with Crippen LogP contribution in [0.5, 0.6) is 0 Å². The second-order valence-corrected chi connectivity index (χ2v) is 9.07. The SMILES string of the molecule is Fc1cccc(CN2CCCC(c3cc(NCc4cccnc4)n4ncc(Br)c4n3)C2)c1. The Morgan fingerprint density at radius 3 is 2.88 bits per heavy atom. The van der Waals surface area contributed by atoms with Gasteiger partial charge in [0, 0.05) is 44.0 Å². The Morgan fingerprint density at radius 2 is 2.03 bits per heavy atom. The quantitative estimate of drug-likeness (QED) is 0.407. The van der Waals surface area contributed by atoms with Crippen LogP contribution in [0.3, 0.4) is 0 Å². The molecule has 3 aromatic heterocycles. The van der Waals surface area contributed by atoms with Gasteiger partial charge in [-0.05, 0) is 64.6 Å². The molecule has 1 N–H and O–H groups in total. The molecule has 8 heteroatoms. The number of pyridine rings is 1. The second-order valence-electron chi connectivity index (χ2n) is 8.21. The first-order valence-corrected chi connectivity index (χ1v) is 11.6. The molecule has 4 heterocycles. The standard InChI is InChI=1S/C24H24BrFN6/c25-21-14-29-32-23(28-13-18-5-2-8-27-12-18)11-22(30-24(21)32)19-6-3-9-31(16-19)15-17-4-1-7-20(26)10-17/h1-2,4-5,7-8,10-12,14,19,28H,3,6,9,13,15-16H2. The molecule has 0 spiro atoms. The number of hydrogen-bond donors (Lipinski definition) is 1. The van der Waals surface area contributed by atoms with Gasteiger partial charge in [0.25, 0.3) is 0 Å². The second kappa shape index (κ2) is 9.34. The summed E-state index contributed by atoms with van der Waals surface area (Å²) in [5.74, 6) is 1.03. The lowest BCUT2D eigenvalue weighted by Crippen LogP contribution is -2.34. The molecule has 32 heavy (non-hydrogen) atoms. The van der Waals surface area contributed by atoms with Gasteiger partial charge < -0.3 is 5.32 Å². The van der Waals surface area contributed by atoms with Crippen molar-refractivity contribution >= 4 is 27.4 Å². The van der Waals surface area contributed by atoms with E-state index in [1.165, 1.54) is 6.07 Å². The van der Waals surface area contributed by atoms with Gasteiger partial charge in [-0.2, -0.15) is 9.61 Å². The van der Waals surface area contributed by atoms with Crippen LogP contribution in [0.4, 0.5) is 10.2 Å². The van der Waals surface area contributed by atoms with E-state index in [4.69, 9.17) is 4.98 Å². The fourth-order valence-corrected chi connectivity index (χ4v) is 4.67. The van der Waals surface area contributed by atoms with Crippen molar-refractivity contribution in [3.05, 3.63) is 88.2 Å². The number of anilines is 1. The maximum Gasteiger partial charge on any atom is 0.171 e. The predicted molar refractivity (Wildman–Crippen MR) is 126 cm³/mol. The molecule has 0 saturated carbocycles. The van der Waals surface area contributed by atoms with Crippen molar-refractivity contribution in [1.82, 2.24) is 24.5 Å². The first kappa shape index (κ1) is 21.0. The van der Waals surface area contributed by atoms with Crippen LogP contribution in [-0.4, -0.2) is 37.6 Å². The number of nitrogens with one attached hydrogen (secondary N) is 1. The molecule has 1 saturated heterocycles. The Labute approximate surface area is 194 Å². The van der Waals surface area contributed by atoms with E-state index in [-0.39, 0.29) is 5.82 Å². The van der Waals surface area contributed by atoms with Gasteiger partial charge in [0.1, 0.15) is 11.6 Å². The van der Waals surface area contributed by atoms with Crippen molar-refractivity contribution in [2.75, 3.05) is 18.4 Å². The average Bonchev–Trinajstić information content (AvgIpc) is 3.19. The Balaban J connectivity index is 1.38. The number of fused-ring (bicyclic) bond motifs is 1. The van der Waals surface area contributed by atoms with Crippen LogP contribution in [0.2, 0.25) is 0 Å². The highest BCUT2D eigenvalue weighted by Crippen LogP contribution is 2.30. The van der Waals surface area contributed by atoms with E-state index in [0.717, 1.165) is 65.2 Å². The summed E-state index contributed by atoms with van der Waals surface area (Å²) in [6.07, 6.45) is 7.58. The van der Waals surface area contributed by atoms with Crippen molar-refractivity contribution in [2.24, 2.45) is 0 Å². The molecular weight excluding hydrogens is 471 g/mol. The molecule has 164 valence electrons. The van der Waals surface area contributed by atoms with Gasteiger partial charge in [-0.15, -0.1) is 0 Å². The van der Waals surface area contributed by atoms with Gasteiger partial charge in [-0.1, -0.05) is 18.2 Å². The lowest BCUT2D eigenvalue weighted by molar-refractivity contribution is 0.198. The van der Waals surface area contributed by atoms with Crippen LogP contribution in [-0.2, 0) is 13.1 Å². The molecule has 0 amide bonds. The van der Waals surface area contributed by atoms with Crippen molar-refractivity contribution in [2.45, 2.75) is 31.8 Å². The molecule has 1 fully saturated rings. The molecule has 1 aliphatic heterocycles. The molecule has 1 aromatic carbocycles. The fourth-order valence-electron chi connectivity index (χ4n) is 4.32. The Kier molecular flexibility index (Phi) is 6.14. The first-order valence-electron chi connectivity index (χ1n) is 10.8. The maximum absolute atomic E-state index is 13.6. The van der Waals surface area contributed by atoms with Crippen LogP contribution in [0.15, 0.2) is 65.5 Å². The van der Waals surface area contributed by atoms with Crippen molar-refractivity contribution in [3.63, 3.8) is 0 Å². The summed E-state index contributed by atoms with van der Waals surface area (Å²) >= 11 is 3.59. The van der Waals surface area contributed by atoms with Crippen LogP contribution in [0.25, 0.3) is 5.65 Å². The summed E-state index contributed by atoms with van der Waals surface area (Å²) in [7, 11) is 0. The van der Waals surface area contributed by atoms with Crippen LogP contribution in [0, 0.1) is 5.82 Å². The highest BCUT2D eigenvalue weighted by atomic mass is 79.9. The lowest BCUT2D eigenvalue weighted by atomic mass is 9.94. The van der Waals surface area contributed by atoms with Gasteiger partial charge in [-0.25, -0.2) is 9.37 Å². The fraction of sp³-hybridized carbons (Fsp3) is 0.292. The third kappa shape index (κ3) is 4.66. The molecule has 0 aliphatic carbocycles. The molecule has 1 unspecified atom stereocenters. The Bertz CT molecular complexity index is 1210.